The van der Waals surface area contributed by atoms with Crippen LogP contribution in [0, 0.1) is 6.92 Å². The zero-order valence-electron chi connectivity index (χ0n) is 14.8. The highest BCUT2D eigenvalue weighted by Crippen LogP contribution is 2.24. The van der Waals surface area contributed by atoms with Gasteiger partial charge in [0.25, 0.3) is 0 Å². The van der Waals surface area contributed by atoms with Gasteiger partial charge in [-0.05, 0) is 44.0 Å². The van der Waals surface area contributed by atoms with E-state index < -0.39 is 0 Å². The van der Waals surface area contributed by atoms with Gasteiger partial charge in [0, 0.05) is 35.8 Å². The molecule has 0 radical (unpaired) electrons. The predicted molar refractivity (Wildman–Crippen MR) is 103 cm³/mol. The van der Waals surface area contributed by atoms with Crippen LogP contribution in [0.4, 0.5) is 17.5 Å². The van der Waals surface area contributed by atoms with E-state index in [2.05, 4.69) is 52.4 Å². The lowest BCUT2D eigenvalue weighted by molar-refractivity contribution is 0.753. The van der Waals surface area contributed by atoms with E-state index >= 15 is 0 Å². The Bertz CT molecular complexity index is 832. The molecule has 0 aliphatic carbocycles. The van der Waals surface area contributed by atoms with Crippen molar-refractivity contribution in [2.24, 2.45) is 0 Å². The number of nitrogens with one attached hydrogen (secondary N) is 2. The minimum absolute atomic E-state index is 0.301. The molecule has 0 aliphatic rings. The van der Waals surface area contributed by atoms with E-state index in [1.54, 1.807) is 6.20 Å². The number of aromatic nitrogens is 3. The smallest absolute Gasteiger partial charge is 0.225 e. The van der Waals surface area contributed by atoms with Gasteiger partial charge < -0.3 is 10.6 Å². The Morgan fingerprint density at radius 2 is 1.92 bits per heavy atom. The van der Waals surface area contributed by atoms with Crippen molar-refractivity contribution in [1.29, 1.82) is 0 Å². The van der Waals surface area contributed by atoms with Crippen molar-refractivity contribution in [3.63, 3.8) is 0 Å². The van der Waals surface area contributed by atoms with Crippen LogP contribution in [0.2, 0.25) is 0 Å². The Morgan fingerprint density at radius 1 is 1.08 bits per heavy atom. The van der Waals surface area contributed by atoms with Crippen molar-refractivity contribution < 1.29 is 0 Å². The summed E-state index contributed by atoms with van der Waals surface area (Å²) >= 11 is 0. The fraction of sp³-hybridized carbons (Fsp3) is 0.250. The first-order valence-corrected chi connectivity index (χ1v) is 8.54. The van der Waals surface area contributed by atoms with Crippen molar-refractivity contribution in [2.45, 2.75) is 33.2 Å². The Morgan fingerprint density at radius 3 is 2.64 bits per heavy atom. The van der Waals surface area contributed by atoms with Gasteiger partial charge in [-0.3, -0.25) is 4.98 Å². The van der Waals surface area contributed by atoms with Gasteiger partial charge in [0.05, 0.1) is 5.69 Å². The van der Waals surface area contributed by atoms with E-state index in [0.717, 1.165) is 29.2 Å². The summed E-state index contributed by atoms with van der Waals surface area (Å²) in [6, 6.07) is 14.3. The molecule has 0 unspecified atom stereocenters. The number of rotatable bonds is 6. The molecule has 0 saturated carbocycles. The van der Waals surface area contributed by atoms with Crippen molar-refractivity contribution in [2.75, 3.05) is 10.6 Å². The highest BCUT2D eigenvalue weighted by atomic mass is 15.2. The standard InChI is InChI=1S/C20H23N5/c1-4-15(3)22-20-24-18(16-9-7-11-21-13-16)12-19(25-20)23-17-10-6-5-8-14(17)2/h5-13,15H,4H2,1-3H3,(H2,22,23,24,25)/t15-/m1/s1. The summed E-state index contributed by atoms with van der Waals surface area (Å²) in [5, 5.41) is 6.76. The van der Waals surface area contributed by atoms with Crippen LogP contribution in [0.5, 0.6) is 0 Å². The van der Waals surface area contributed by atoms with Crippen LogP contribution in [0.3, 0.4) is 0 Å². The second kappa shape index (κ2) is 7.75. The molecule has 2 aromatic heterocycles. The van der Waals surface area contributed by atoms with E-state index in [0.29, 0.717) is 12.0 Å². The summed E-state index contributed by atoms with van der Waals surface area (Å²) in [5.41, 5.74) is 4.00. The van der Waals surface area contributed by atoms with Gasteiger partial charge in [0.15, 0.2) is 0 Å². The van der Waals surface area contributed by atoms with Crippen LogP contribution < -0.4 is 10.6 Å². The molecule has 2 heterocycles. The SMILES string of the molecule is CC[C@@H](C)Nc1nc(Nc2ccccc2C)cc(-c2cccnc2)n1. The van der Waals surface area contributed by atoms with E-state index in [1.807, 2.05) is 42.6 Å². The number of hydrogen-bond donors (Lipinski definition) is 2. The highest BCUT2D eigenvalue weighted by Gasteiger charge is 2.10. The molecule has 25 heavy (non-hydrogen) atoms. The van der Waals surface area contributed by atoms with Gasteiger partial charge in [-0.15, -0.1) is 0 Å². The molecule has 1 atom stereocenters. The number of anilines is 3. The van der Waals surface area contributed by atoms with Crippen molar-refractivity contribution in [1.82, 2.24) is 15.0 Å². The quantitative estimate of drug-likeness (QED) is 0.678. The minimum atomic E-state index is 0.301. The third-order valence-electron chi connectivity index (χ3n) is 4.08. The van der Waals surface area contributed by atoms with Crippen molar-refractivity contribution in [3.8, 4) is 11.3 Å². The molecular formula is C20H23N5. The molecule has 0 spiro atoms. The van der Waals surface area contributed by atoms with Gasteiger partial charge >= 0.3 is 0 Å². The highest BCUT2D eigenvalue weighted by molar-refractivity contribution is 5.68. The third kappa shape index (κ3) is 4.32. The zero-order chi connectivity index (χ0) is 17.6. The van der Waals surface area contributed by atoms with Crippen LogP contribution >= 0.6 is 0 Å². The van der Waals surface area contributed by atoms with E-state index in [4.69, 9.17) is 0 Å². The van der Waals surface area contributed by atoms with Crippen LogP contribution in [-0.2, 0) is 0 Å². The summed E-state index contributed by atoms with van der Waals surface area (Å²) in [4.78, 5) is 13.5. The molecule has 0 saturated heterocycles. The second-order valence-electron chi connectivity index (χ2n) is 6.10. The second-order valence-corrected chi connectivity index (χ2v) is 6.10. The Kier molecular flexibility index (Phi) is 5.23. The summed E-state index contributed by atoms with van der Waals surface area (Å²) in [7, 11) is 0. The fourth-order valence-corrected chi connectivity index (χ4v) is 2.41. The molecule has 0 bridgehead atoms. The van der Waals surface area contributed by atoms with Gasteiger partial charge in [-0.2, -0.15) is 4.98 Å². The Hall–Kier alpha value is -2.95. The van der Waals surface area contributed by atoms with E-state index in [1.165, 1.54) is 5.56 Å². The Balaban J connectivity index is 1.99. The summed E-state index contributed by atoms with van der Waals surface area (Å²) in [6.07, 6.45) is 4.57. The van der Waals surface area contributed by atoms with E-state index in [-0.39, 0.29) is 0 Å². The van der Waals surface area contributed by atoms with Crippen LogP contribution in [0.25, 0.3) is 11.3 Å². The molecule has 3 rings (SSSR count). The fourth-order valence-electron chi connectivity index (χ4n) is 2.41. The maximum absolute atomic E-state index is 4.65. The lowest BCUT2D eigenvalue weighted by Gasteiger charge is -2.15. The van der Waals surface area contributed by atoms with Gasteiger partial charge in [0.1, 0.15) is 5.82 Å². The molecule has 0 amide bonds. The summed E-state index contributed by atoms with van der Waals surface area (Å²) in [6.45, 7) is 6.33. The number of hydrogen-bond acceptors (Lipinski definition) is 5. The molecule has 2 N–H and O–H groups in total. The van der Waals surface area contributed by atoms with E-state index in [9.17, 15) is 0 Å². The van der Waals surface area contributed by atoms with Crippen LogP contribution in [0.1, 0.15) is 25.8 Å². The first-order valence-electron chi connectivity index (χ1n) is 8.54. The topological polar surface area (TPSA) is 62.7 Å². The largest absolute Gasteiger partial charge is 0.352 e. The maximum atomic E-state index is 4.65. The number of para-hydroxylation sites is 1. The summed E-state index contributed by atoms with van der Waals surface area (Å²) in [5.74, 6) is 1.38. The van der Waals surface area contributed by atoms with Crippen molar-refractivity contribution >= 4 is 17.5 Å². The molecular weight excluding hydrogens is 310 g/mol. The normalized spacial score (nSPS) is 11.8. The monoisotopic (exact) mass is 333 g/mol. The molecule has 0 aliphatic heterocycles. The third-order valence-corrected chi connectivity index (χ3v) is 4.08. The first-order chi connectivity index (χ1) is 12.2. The molecule has 128 valence electrons. The Labute approximate surface area is 148 Å². The van der Waals surface area contributed by atoms with Gasteiger partial charge in [-0.1, -0.05) is 25.1 Å². The van der Waals surface area contributed by atoms with Crippen LogP contribution in [0.15, 0.2) is 54.9 Å². The number of benzene rings is 1. The summed E-state index contributed by atoms with van der Waals surface area (Å²) < 4.78 is 0. The lowest BCUT2D eigenvalue weighted by Crippen LogP contribution is -2.16. The van der Waals surface area contributed by atoms with Crippen LogP contribution in [-0.4, -0.2) is 21.0 Å². The molecule has 5 heteroatoms. The minimum Gasteiger partial charge on any atom is -0.352 e. The molecule has 0 fully saturated rings. The number of pyridine rings is 1. The molecule has 5 nitrogen and oxygen atoms in total. The average Bonchev–Trinajstić information content (AvgIpc) is 2.64. The first kappa shape index (κ1) is 16.9. The van der Waals surface area contributed by atoms with Gasteiger partial charge in [-0.25, -0.2) is 4.98 Å². The average molecular weight is 333 g/mol. The molecule has 1 aromatic carbocycles. The maximum Gasteiger partial charge on any atom is 0.225 e. The number of aryl methyl sites for hydroxylation is 1. The number of nitrogens with zero attached hydrogens (tertiary/aromatic N) is 3. The zero-order valence-corrected chi connectivity index (χ0v) is 14.8. The molecule has 3 aromatic rings. The van der Waals surface area contributed by atoms with Gasteiger partial charge in [0.2, 0.25) is 5.95 Å². The van der Waals surface area contributed by atoms with Crippen molar-refractivity contribution in [3.05, 3.63) is 60.4 Å². The lowest BCUT2D eigenvalue weighted by atomic mass is 10.2. The predicted octanol–water partition coefficient (Wildman–Crippen LogP) is 4.80.